The molecule has 108 valence electrons. The Morgan fingerprint density at radius 3 is 2.89 bits per heavy atom. The van der Waals surface area contributed by atoms with Gasteiger partial charge in [0.15, 0.2) is 0 Å². The molecule has 0 amide bonds. The fraction of sp³-hybridized carbons (Fsp3) is 0.778. The van der Waals surface area contributed by atoms with Crippen molar-refractivity contribution >= 4 is 12.1 Å². The first-order valence-electron chi connectivity index (χ1n) is 5.83. The number of hydrogen-bond acceptors (Lipinski definition) is 7. The highest BCUT2D eigenvalue weighted by Gasteiger charge is 2.36. The summed E-state index contributed by atoms with van der Waals surface area (Å²) < 4.78 is 14.0. The Morgan fingerprint density at radius 1 is 1.42 bits per heavy atom. The van der Waals surface area contributed by atoms with E-state index in [1.165, 1.54) is 9.97 Å². The predicted molar refractivity (Wildman–Crippen MR) is 58.0 cm³/mol. The van der Waals surface area contributed by atoms with Gasteiger partial charge in [-0.05, 0) is 19.8 Å². The summed E-state index contributed by atoms with van der Waals surface area (Å²) in [5.74, 6) is -0.921. The largest absolute Gasteiger partial charge is 0.511 e. The van der Waals surface area contributed by atoms with Gasteiger partial charge in [0.1, 0.15) is 11.1 Å². The van der Waals surface area contributed by atoms with Gasteiger partial charge in [0.25, 0.3) is 6.79 Å². The third-order valence-electron chi connectivity index (χ3n) is 2.59. The van der Waals surface area contributed by atoms with E-state index >= 15 is 0 Å². The third-order valence-corrected chi connectivity index (χ3v) is 2.59. The fourth-order valence-corrected chi connectivity index (χ4v) is 1.75. The van der Waals surface area contributed by atoms with Crippen molar-refractivity contribution in [2.24, 2.45) is 0 Å². The fourth-order valence-electron chi connectivity index (χ4n) is 1.75. The summed E-state index contributed by atoms with van der Waals surface area (Å²) in [6.45, 7) is 2.02. The lowest BCUT2D eigenvalue weighted by Gasteiger charge is -2.15. The average molecular weight is 277 g/mol. The average Bonchev–Trinajstić information content (AvgIpc) is 2.95. The molecule has 0 aromatic carbocycles. The summed E-state index contributed by atoms with van der Waals surface area (Å²) in [6.07, 6.45) is 0.451. The molecular weight excluding hydrogens is 262 g/mol. The Morgan fingerprint density at radius 2 is 2.21 bits per heavy atom. The van der Waals surface area contributed by atoms with Gasteiger partial charge < -0.3 is 19.4 Å². The van der Waals surface area contributed by atoms with Gasteiger partial charge in [0, 0.05) is 6.54 Å². The molecule has 1 aromatic rings. The lowest BCUT2D eigenvalue weighted by Crippen LogP contribution is -2.42. The van der Waals surface area contributed by atoms with Gasteiger partial charge in [-0.1, -0.05) is 0 Å². The zero-order valence-electron chi connectivity index (χ0n) is 10.4. The number of carboxylic acids is 1. The number of hydrogen-bond donors (Lipinski definition) is 1. The third kappa shape index (κ3) is 3.14. The van der Waals surface area contributed by atoms with Crippen LogP contribution in [0, 0.1) is 0 Å². The molecule has 0 aliphatic carbocycles. The number of aliphatic carboxylic acids is 1. The van der Waals surface area contributed by atoms with E-state index in [9.17, 15) is 9.59 Å². The number of aromatic nitrogens is 2. The van der Waals surface area contributed by atoms with Gasteiger partial charge in [0.05, 0.1) is 11.6 Å². The molecule has 0 bridgehead atoms. The van der Waals surface area contributed by atoms with Gasteiger partial charge in [-0.25, -0.2) is 14.6 Å². The molecular formula is C9H15N3O7. The smallest absolute Gasteiger partial charge is 0.480 e. The van der Waals surface area contributed by atoms with Crippen LogP contribution in [0.5, 0.6) is 0 Å². The van der Waals surface area contributed by atoms with Crippen LogP contribution in [-0.4, -0.2) is 53.2 Å². The molecule has 1 aliphatic heterocycles. The van der Waals surface area contributed by atoms with Crippen LogP contribution in [0.25, 0.3) is 0 Å². The molecule has 1 aromatic heterocycles. The van der Waals surface area contributed by atoms with Crippen LogP contribution in [0.4, 0.5) is 4.79 Å². The second-order valence-corrected chi connectivity index (χ2v) is 3.81. The first-order chi connectivity index (χ1) is 9.13. The first kappa shape index (κ1) is 13.2. The normalized spacial score (nSPS) is 18.6. The van der Waals surface area contributed by atoms with Crippen molar-refractivity contribution in [1.29, 1.82) is 0 Å². The van der Waals surface area contributed by atoms with Crippen molar-refractivity contribution < 1.29 is 33.6 Å². The minimum Gasteiger partial charge on any atom is -0.480 e. The maximum absolute atomic E-state index is 11.0. The Kier molecular flexibility index (Phi) is 3.88. The Labute approximate surface area is 107 Å². The molecule has 1 N–H and O–H groups in total. The number of ether oxygens (including phenoxy) is 2. The topological polar surface area (TPSA) is 108 Å². The molecule has 1 fully saturated rings. The summed E-state index contributed by atoms with van der Waals surface area (Å²) in [5.41, 5.74) is 0. The van der Waals surface area contributed by atoms with E-state index in [4.69, 9.17) is 14.6 Å². The van der Waals surface area contributed by atoms with Gasteiger partial charge in [-0.3, -0.25) is 0 Å². The van der Waals surface area contributed by atoms with E-state index < -0.39 is 18.2 Å². The molecule has 2 rings (SSSR count). The highest BCUT2D eigenvalue weighted by atomic mass is 17.0. The van der Waals surface area contributed by atoms with E-state index in [2.05, 4.69) is 9.47 Å². The molecule has 0 saturated carbocycles. The lowest BCUT2D eigenvalue weighted by molar-refractivity contribution is -0.138. The Hall–Kier alpha value is -2.26. The molecule has 10 heteroatoms. The van der Waals surface area contributed by atoms with Crippen molar-refractivity contribution in [1.82, 2.24) is 9.98 Å². The molecule has 1 saturated heterocycles. The number of nitrogens with zero attached hydrogens (tertiary/aromatic N) is 3. The summed E-state index contributed by atoms with van der Waals surface area (Å²) in [7, 11) is 0. The quantitative estimate of drug-likeness (QED) is 0.554. The van der Waals surface area contributed by atoms with E-state index in [0.717, 1.165) is 11.4 Å². The summed E-state index contributed by atoms with van der Waals surface area (Å²) in [4.78, 5) is 27.9. The van der Waals surface area contributed by atoms with Gasteiger partial charge in [-0.15, -0.1) is 0 Å². The summed E-state index contributed by atoms with van der Waals surface area (Å²) in [6, 6.07) is -0.639. The highest BCUT2D eigenvalue weighted by Crippen LogP contribution is 2.17. The molecule has 0 spiro atoms. The predicted octanol–water partition coefficient (Wildman–Crippen LogP) is -0.373. The maximum Gasteiger partial charge on any atom is 0.511 e. The van der Waals surface area contributed by atoms with E-state index in [-0.39, 0.29) is 13.4 Å². The molecule has 2 heterocycles. The molecule has 0 radical (unpaired) electrons. The molecule has 1 unspecified atom stereocenters. The van der Waals surface area contributed by atoms with Crippen LogP contribution in [0.2, 0.25) is 0 Å². The van der Waals surface area contributed by atoms with E-state index in [1.807, 2.05) is 0 Å². The highest BCUT2D eigenvalue weighted by molar-refractivity contribution is 5.75. The van der Waals surface area contributed by atoms with Crippen LogP contribution in [-0.2, 0) is 14.3 Å². The van der Waals surface area contributed by atoms with Crippen LogP contribution in [0.3, 0.4) is 0 Å². The minimum absolute atomic E-state index is 0.208. The second kappa shape index (κ2) is 5.59. The van der Waals surface area contributed by atoms with Crippen molar-refractivity contribution in [3.05, 3.63) is 0 Å². The van der Waals surface area contributed by atoms with Crippen molar-refractivity contribution in [3.63, 3.8) is 0 Å². The molecule has 19 heavy (non-hydrogen) atoms. The van der Waals surface area contributed by atoms with Crippen LogP contribution in [0.15, 0.2) is 4.63 Å². The number of carbonyl (C=O) groups is 2. The van der Waals surface area contributed by atoms with E-state index in [0.29, 0.717) is 13.0 Å². The van der Waals surface area contributed by atoms with Gasteiger partial charge in [-0.2, -0.15) is 4.63 Å². The molecule has 1 aliphatic rings. The maximum atomic E-state index is 11.0. The van der Waals surface area contributed by atoms with Crippen LogP contribution >= 0.6 is 0 Å². The SMILES string of the molecule is CCOC(=O)OCOn1on1N1CCCC1C(=O)O. The number of rotatable bonds is 6. The monoisotopic (exact) mass is 277 g/mol. The Bertz CT molecular complexity index is 434. The van der Waals surface area contributed by atoms with Crippen LogP contribution in [0.1, 0.15) is 19.8 Å². The molecule has 1 atom stereocenters. The van der Waals surface area contributed by atoms with Crippen molar-refractivity contribution in [2.75, 3.05) is 25.0 Å². The zero-order chi connectivity index (χ0) is 13.8. The summed E-state index contributed by atoms with van der Waals surface area (Å²) >= 11 is 0. The lowest BCUT2D eigenvalue weighted by atomic mass is 10.2. The first-order valence-corrected chi connectivity index (χ1v) is 5.83. The van der Waals surface area contributed by atoms with Crippen LogP contribution < -0.4 is 9.85 Å². The Balaban J connectivity index is 1.75. The van der Waals surface area contributed by atoms with E-state index in [1.54, 1.807) is 6.92 Å². The zero-order valence-corrected chi connectivity index (χ0v) is 10.4. The van der Waals surface area contributed by atoms with Gasteiger partial charge in [0.2, 0.25) is 0 Å². The number of carbonyl (C=O) groups excluding carboxylic acids is 1. The van der Waals surface area contributed by atoms with Gasteiger partial charge >= 0.3 is 12.1 Å². The van der Waals surface area contributed by atoms with Crippen molar-refractivity contribution in [3.8, 4) is 0 Å². The molecule has 10 nitrogen and oxygen atoms in total. The summed E-state index contributed by atoms with van der Waals surface area (Å²) in [5, 5.41) is 11.4. The minimum atomic E-state index is -0.921. The standard InChI is InChI=1S/C9H15N3O7/c1-2-16-9(15)17-6-18-12-11(19-12)10-5-3-4-7(10)8(13)14/h7H,2-6H2,1H3,(H,13,14). The number of carboxylic acid groups (broad SMARTS) is 1. The van der Waals surface area contributed by atoms with Crippen molar-refractivity contribution in [2.45, 2.75) is 25.8 Å². The second-order valence-electron chi connectivity index (χ2n) is 3.81.